The Bertz CT molecular complexity index is 670. The van der Waals surface area contributed by atoms with E-state index in [1.54, 1.807) is 12.1 Å². The molecular weight excluding hydrogens is 362 g/mol. The molecule has 3 rings (SSSR count). The normalized spacial score (nSPS) is 19.0. The van der Waals surface area contributed by atoms with E-state index in [4.69, 9.17) is 4.42 Å². The second-order valence-electron chi connectivity index (χ2n) is 5.40. The molecule has 1 amide bonds. The Hall–Kier alpha value is -1.20. The van der Waals surface area contributed by atoms with E-state index in [1.165, 1.54) is 11.1 Å². The molecule has 0 bridgehead atoms. The van der Waals surface area contributed by atoms with Crippen molar-refractivity contribution in [3.63, 3.8) is 0 Å². The van der Waals surface area contributed by atoms with Gasteiger partial charge in [0.25, 0.3) is 5.91 Å². The molecular formula is C17H18BrNO2S. The van der Waals surface area contributed by atoms with Crippen LogP contribution < -0.4 is 0 Å². The summed E-state index contributed by atoms with van der Waals surface area (Å²) in [6.07, 6.45) is 0.975. The highest BCUT2D eigenvalue weighted by Gasteiger charge is 2.25. The number of rotatable bonds is 2. The lowest BCUT2D eigenvalue weighted by molar-refractivity contribution is 0.0733. The molecule has 116 valence electrons. The number of hydrogen-bond acceptors (Lipinski definition) is 3. The van der Waals surface area contributed by atoms with Gasteiger partial charge in [-0.05, 0) is 52.5 Å². The lowest BCUT2D eigenvalue weighted by atomic mass is 10.0. The fourth-order valence-corrected chi connectivity index (χ4v) is 4.39. The SMILES string of the molecule is Cc1ccccc1[C@@H]1CCN(C(=O)c2ccc(Br)o2)CCS1. The number of benzene rings is 1. The first-order valence-corrected chi connectivity index (χ1v) is 9.21. The topological polar surface area (TPSA) is 33.5 Å². The minimum atomic E-state index is -0.0169. The molecule has 2 heterocycles. The second-order valence-corrected chi connectivity index (χ2v) is 7.49. The van der Waals surface area contributed by atoms with Crippen molar-refractivity contribution in [2.24, 2.45) is 0 Å². The Morgan fingerprint density at radius 2 is 2.09 bits per heavy atom. The van der Waals surface area contributed by atoms with Crippen molar-refractivity contribution in [1.29, 1.82) is 0 Å². The number of aryl methyl sites for hydroxylation is 1. The standard InChI is InChI=1S/C17H18BrNO2S/c1-12-4-2-3-5-13(12)15-8-9-19(10-11-22-15)17(20)14-6-7-16(18)21-14/h2-7,15H,8-11H2,1H3/t15-/m0/s1. The van der Waals surface area contributed by atoms with Crippen molar-refractivity contribution >= 4 is 33.6 Å². The second kappa shape index (κ2) is 6.92. The van der Waals surface area contributed by atoms with Gasteiger partial charge >= 0.3 is 0 Å². The Balaban J connectivity index is 1.70. The Kier molecular flexibility index (Phi) is 4.93. The molecule has 1 fully saturated rings. The van der Waals surface area contributed by atoms with Gasteiger partial charge in [-0.2, -0.15) is 11.8 Å². The largest absolute Gasteiger partial charge is 0.444 e. The first kappa shape index (κ1) is 15.7. The van der Waals surface area contributed by atoms with E-state index in [9.17, 15) is 4.79 Å². The van der Waals surface area contributed by atoms with E-state index in [-0.39, 0.29) is 5.91 Å². The predicted octanol–water partition coefficient (Wildman–Crippen LogP) is 4.67. The molecule has 22 heavy (non-hydrogen) atoms. The smallest absolute Gasteiger partial charge is 0.289 e. The zero-order chi connectivity index (χ0) is 15.5. The average molecular weight is 380 g/mol. The number of carbonyl (C=O) groups excluding carboxylic acids is 1. The van der Waals surface area contributed by atoms with Crippen molar-refractivity contribution in [2.45, 2.75) is 18.6 Å². The third kappa shape index (κ3) is 3.41. The minimum Gasteiger partial charge on any atom is -0.444 e. The molecule has 0 saturated carbocycles. The van der Waals surface area contributed by atoms with Crippen LogP contribution in [0.4, 0.5) is 0 Å². The van der Waals surface area contributed by atoms with E-state index in [2.05, 4.69) is 47.1 Å². The van der Waals surface area contributed by atoms with Crippen molar-refractivity contribution in [2.75, 3.05) is 18.8 Å². The molecule has 0 aliphatic carbocycles. The lowest BCUT2D eigenvalue weighted by Gasteiger charge is -2.19. The van der Waals surface area contributed by atoms with Gasteiger partial charge in [-0.1, -0.05) is 24.3 Å². The van der Waals surface area contributed by atoms with Crippen LogP contribution in [0, 0.1) is 6.92 Å². The first-order chi connectivity index (χ1) is 10.6. The highest BCUT2D eigenvalue weighted by Crippen LogP contribution is 2.36. The van der Waals surface area contributed by atoms with E-state index in [1.807, 2.05) is 16.7 Å². The number of nitrogens with zero attached hydrogens (tertiary/aromatic N) is 1. The van der Waals surface area contributed by atoms with Crippen LogP contribution in [0.2, 0.25) is 0 Å². The maximum absolute atomic E-state index is 12.5. The van der Waals surface area contributed by atoms with Gasteiger partial charge in [-0.3, -0.25) is 4.79 Å². The average Bonchev–Trinajstić information content (AvgIpc) is 2.81. The van der Waals surface area contributed by atoms with E-state index in [0.717, 1.165) is 25.3 Å². The van der Waals surface area contributed by atoms with Crippen molar-refractivity contribution in [3.05, 3.63) is 58.0 Å². The number of hydrogen-bond donors (Lipinski definition) is 0. The molecule has 0 spiro atoms. The molecule has 1 atom stereocenters. The molecule has 1 saturated heterocycles. The molecule has 2 aromatic rings. The highest BCUT2D eigenvalue weighted by atomic mass is 79.9. The van der Waals surface area contributed by atoms with E-state index >= 15 is 0 Å². The fourth-order valence-electron chi connectivity index (χ4n) is 2.75. The quantitative estimate of drug-likeness (QED) is 0.759. The summed E-state index contributed by atoms with van der Waals surface area (Å²) < 4.78 is 5.98. The van der Waals surface area contributed by atoms with Crippen LogP contribution in [0.3, 0.4) is 0 Å². The molecule has 0 unspecified atom stereocenters. The Labute approximate surface area is 143 Å². The zero-order valence-electron chi connectivity index (χ0n) is 12.4. The van der Waals surface area contributed by atoms with Gasteiger partial charge in [-0.25, -0.2) is 0 Å². The van der Waals surface area contributed by atoms with Crippen LogP contribution in [-0.4, -0.2) is 29.6 Å². The molecule has 0 N–H and O–H groups in total. The summed E-state index contributed by atoms with van der Waals surface area (Å²) >= 11 is 5.19. The Morgan fingerprint density at radius 3 is 2.82 bits per heavy atom. The summed E-state index contributed by atoms with van der Waals surface area (Å²) in [5.74, 6) is 1.34. The minimum absolute atomic E-state index is 0.0169. The van der Waals surface area contributed by atoms with Gasteiger partial charge in [0.2, 0.25) is 0 Å². The van der Waals surface area contributed by atoms with Crippen LogP contribution in [0.25, 0.3) is 0 Å². The molecule has 1 aliphatic rings. The van der Waals surface area contributed by atoms with Crippen molar-refractivity contribution in [3.8, 4) is 0 Å². The third-order valence-electron chi connectivity index (χ3n) is 3.95. The summed E-state index contributed by atoms with van der Waals surface area (Å²) in [5, 5.41) is 0.460. The predicted molar refractivity (Wildman–Crippen MR) is 93.3 cm³/mol. The number of furan rings is 1. The van der Waals surface area contributed by atoms with Crippen LogP contribution in [0.1, 0.15) is 33.4 Å². The highest BCUT2D eigenvalue weighted by molar-refractivity contribution is 9.10. The summed E-state index contributed by atoms with van der Waals surface area (Å²) in [6, 6.07) is 12.0. The number of halogens is 1. The summed E-state index contributed by atoms with van der Waals surface area (Å²) in [5.41, 5.74) is 2.72. The van der Waals surface area contributed by atoms with Crippen molar-refractivity contribution < 1.29 is 9.21 Å². The van der Waals surface area contributed by atoms with Gasteiger partial charge in [0, 0.05) is 24.1 Å². The molecule has 1 aliphatic heterocycles. The van der Waals surface area contributed by atoms with Crippen LogP contribution in [0.15, 0.2) is 45.5 Å². The van der Waals surface area contributed by atoms with Gasteiger partial charge < -0.3 is 9.32 Å². The molecule has 0 radical (unpaired) electrons. The maximum Gasteiger partial charge on any atom is 0.289 e. The van der Waals surface area contributed by atoms with Gasteiger partial charge in [0.15, 0.2) is 10.4 Å². The molecule has 1 aromatic carbocycles. The van der Waals surface area contributed by atoms with E-state index in [0.29, 0.717) is 15.7 Å². The monoisotopic (exact) mass is 379 g/mol. The first-order valence-electron chi connectivity index (χ1n) is 7.37. The fraction of sp³-hybridized carbons (Fsp3) is 0.353. The van der Waals surface area contributed by atoms with Gasteiger partial charge in [0.1, 0.15) is 0 Å². The number of carbonyl (C=O) groups is 1. The molecule has 5 heteroatoms. The van der Waals surface area contributed by atoms with Crippen molar-refractivity contribution in [1.82, 2.24) is 4.90 Å². The van der Waals surface area contributed by atoms with E-state index < -0.39 is 0 Å². The lowest BCUT2D eigenvalue weighted by Crippen LogP contribution is -2.32. The summed E-state index contributed by atoms with van der Waals surface area (Å²) in [4.78, 5) is 14.4. The zero-order valence-corrected chi connectivity index (χ0v) is 14.8. The summed E-state index contributed by atoms with van der Waals surface area (Å²) in [6.45, 7) is 3.69. The van der Waals surface area contributed by atoms with Crippen LogP contribution in [0.5, 0.6) is 0 Å². The van der Waals surface area contributed by atoms with Crippen LogP contribution >= 0.6 is 27.7 Å². The van der Waals surface area contributed by atoms with Gasteiger partial charge in [-0.15, -0.1) is 0 Å². The number of amides is 1. The maximum atomic E-state index is 12.5. The molecule has 3 nitrogen and oxygen atoms in total. The summed E-state index contributed by atoms with van der Waals surface area (Å²) in [7, 11) is 0. The van der Waals surface area contributed by atoms with Crippen LogP contribution in [-0.2, 0) is 0 Å². The third-order valence-corrected chi connectivity index (χ3v) is 5.68. The molecule has 1 aromatic heterocycles. The number of thioether (sulfide) groups is 1. The Morgan fingerprint density at radius 1 is 1.27 bits per heavy atom. The van der Waals surface area contributed by atoms with Gasteiger partial charge in [0.05, 0.1) is 0 Å².